The fourth-order valence-electron chi connectivity index (χ4n) is 3.34. The molecule has 0 unspecified atom stereocenters. The van der Waals surface area contributed by atoms with Crippen molar-refractivity contribution < 1.29 is 14.3 Å². The lowest BCUT2D eigenvalue weighted by Crippen LogP contribution is -2.32. The molecule has 26 heavy (non-hydrogen) atoms. The van der Waals surface area contributed by atoms with Crippen molar-refractivity contribution in [2.24, 2.45) is 0 Å². The molecule has 6 heteroatoms. The number of aromatic nitrogens is 1. The van der Waals surface area contributed by atoms with E-state index in [9.17, 15) is 4.79 Å². The molecule has 0 radical (unpaired) electrons. The Morgan fingerprint density at radius 3 is 2.85 bits per heavy atom. The van der Waals surface area contributed by atoms with Gasteiger partial charge in [-0.25, -0.2) is 4.98 Å². The molecule has 0 fully saturated rings. The smallest absolute Gasteiger partial charge is 0.233 e. The van der Waals surface area contributed by atoms with E-state index in [0.717, 1.165) is 35.0 Å². The minimum Gasteiger partial charge on any atom is -0.486 e. The summed E-state index contributed by atoms with van der Waals surface area (Å²) in [6, 6.07) is 5.69. The molecule has 1 aliphatic carbocycles. The number of rotatable bonds is 5. The van der Waals surface area contributed by atoms with Crippen LogP contribution >= 0.6 is 11.3 Å². The highest BCUT2D eigenvalue weighted by Gasteiger charge is 2.23. The van der Waals surface area contributed by atoms with Crippen LogP contribution in [0, 0.1) is 0 Å². The number of carbonyl (C=O) groups excluding carboxylic acids is 1. The van der Waals surface area contributed by atoms with E-state index in [2.05, 4.69) is 6.58 Å². The quantitative estimate of drug-likeness (QED) is 0.755. The second-order valence-electron chi connectivity index (χ2n) is 6.52. The van der Waals surface area contributed by atoms with Crippen molar-refractivity contribution in [1.29, 1.82) is 0 Å². The number of hydrogen-bond donors (Lipinski definition) is 0. The summed E-state index contributed by atoms with van der Waals surface area (Å²) in [6.45, 7) is 5.37. The van der Waals surface area contributed by atoms with Crippen molar-refractivity contribution in [3.05, 3.63) is 47.0 Å². The van der Waals surface area contributed by atoms with Crippen molar-refractivity contribution in [2.75, 3.05) is 24.7 Å². The van der Waals surface area contributed by atoms with Gasteiger partial charge in [-0.2, -0.15) is 0 Å². The van der Waals surface area contributed by atoms with Crippen molar-refractivity contribution >= 4 is 22.4 Å². The largest absolute Gasteiger partial charge is 0.486 e. The van der Waals surface area contributed by atoms with E-state index in [1.54, 1.807) is 22.3 Å². The van der Waals surface area contributed by atoms with E-state index in [1.165, 1.54) is 17.7 Å². The number of carbonyl (C=O) groups is 1. The second-order valence-corrected chi connectivity index (χ2v) is 7.58. The minimum absolute atomic E-state index is 0.0210. The Morgan fingerprint density at radius 2 is 2.04 bits per heavy atom. The standard InChI is InChI=1S/C20H22N2O3S/c1-2-9-22(20-21-15-5-3-4-6-18(15)26-20)19(23)13-14-7-8-16-17(12-14)25-11-10-24-16/h2,7-8,12H,1,3-6,9-11,13H2. The topological polar surface area (TPSA) is 51.7 Å². The molecule has 0 saturated heterocycles. The lowest BCUT2D eigenvalue weighted by molar-refractivity contribution is -0.117. The molecule has 0 N–H and O–H groups in total. The second kappa shape index (κ2) is 7.50. The van der Waals surface area contributed by atoms with Gasteiger partial charge in [0.25, 0.3) is 0 Å². The van der Waals surface area contributed by atoms with Crippen LogP contribution in [0.1, 0.15) is 29.0 Å². The van der Waals surface area contributed by atoms with Crippen LogP contribution in [0.5, 0.6) is 11.5 Å². The third-order valence-electron chi connectivity index (χ3n) is 4.64. The molecule has 1 aliphatic heterocycles. The third-order valence-corrected chi connectivity index (χ3v) is 5.82. The zero-order valence-electron chi connectivity index (χ0n) is 14.7. The van der Waals surface area contributed by atoms with Gasteiger partial charge in [-0.05, 0) is 43.4 Å². The number of ether oxygens (including phenoxy) is 2. The summed E-state index contributed by atoms with van der Waals surface area (Å²) in [5.74, 6) is 1.47. The summed E-state index contributed by atoms with van der Waals surface area (Å²) in [6.07, 6.45) is 6.54. The summed E-state index contributed by atoms with van der Waals surface area (Å²) in [4.78, 5) is 20.8. The number of aryl methyl sites for hydroxylation is 2. The molecule has 0 saturated carbocycles. The van der Waals surface area contributed by atoms with Crippen LogP contribution in [0.2, 0.25) is 0 Å². The zero-order chi connectivity index (χ0) is 17.9. The average molecular weight is 370 g/mol. The van der Waals surface area contributed by atoms with Gasteiger partial charge in [0.15, 0.2) is 16.6 Å². The van der Waals surface area contributed by atoms with Gasteiger partial charge >= 0.3 is 0 Å². The van der Waals surface area contributed by atoms with Crippen molar-refractivity contribution in [3.8, 4) is 11.5 Å². The Hall–Kier alpha value is -2.34. The fourth-order valence-corrected chi connectivity index (χ4v) is 4.51. The number of nitrogens with zero attached hydrogens (tertiary/aromatic N) is 2. The highest BCUT2D eigenvalue weighted by atomic mass is 32.1. The van der Waals surface area contributed by atoms with Gasteiger partial charge in [-0.1, -0.05) is 12.1 Å². The van der Waals surface area contributed by atoms with Crippen LogP contribution in [0.4, 0.5) is 5.13 Å². The predicted molar refractivity (Wildman–Crippen MR) is 102 cm³/mol. The van der Waals surface area contributed by atoms with Gasteiger partial charge in [0.05, 0.1) is 12.1 Å². The molecule has 1 aromatic carbocycles. The van der Waals surface area contributed by atoms with Gasteiger partial charge in [0.1, 0.15) is 13.2 Å². The summed E-state index contributed by atoms with van der Waals surface area (Å²) >= 11 is 1.65. The molecule has 136 valence electrons. The molecular weight excluding hydrogens is 348 g/mol. The molecule has 5 nitrogen and oxygen atoms in total. The predicted octanol–water partition coefficient (Wildman–Crippen LogP) is 3.55. The lowest BCUT2D eigenvalue weighted by Gasteiger charge is -2.20. The third kappa shape index (κ3) is 3.46. The van der Waals surface area contributed by atoms with E-state index in [4.69, 9.17) is 14.5 Å². The summed E-state index contributed by atoms with van der Waals surface area (Å²) < 4.78 is 11.2. The van der Waals surface area contributed by atoms with E-state index in [1.807, 2.05) is 18.2 Å². The lowest BCUT2D eigenvalue weighted by atomic mass is 10.0. The van der Waals surface area contributed by atoms with Crippen molar-refractivity contribution in [3.63, 3.8) is 0 Å². The van der Waals surface area contributed by atoms with Gasteiger partial charge in [-0.3, -0.25) is 9.69 Å². The summed E-state index contributed by atoms with van der Waals surface area (Å²) in [5, 5.41) is 0.791. The number of thiazole rings is 1. The van der Waals surface area contributed by atoms with Crippen LogP contribution in [0.3, 0.4) is 0 Å². The minimum atomic E-state index is 0.0210. The maximum Gasteiger partial charge on any atom is 0.233 e. The molecule has 2 heterocycles. The van der Waals surface area contributed by atoms with Crippen molar-refractivity contribution in [2.45, 2.75) is 32.1 Å². The van der Waals surface area contributed by atoms with Gasteiger partial charge < -0.3 is 9.47 Å². The van der Waals surface area contributed by atoms with Crippen LogP contribution in [0.25, 0.3) is 0 Å². The van der Waals surface area contributed by atoms with E-state index in [0.29, 0.717) is 31.9 Å². The highest BCUT2D eigenvalue weighted by Crippen LogP contribution is 2.33. The normalized spacial score (nSPS) is 15.2. The average Bonchev–Trinajstić information content (AvgIpc) is 3.09. The number of benzene rings is 1. The summed E-state index contributed by atoms with van der Waals surface area (Å²) in [7, 11) is 0. The number of amides is 1. The number of anilines is 1. The SMILES string of the molecule is C=CCN(C(=O)Cc1ccc2c(c1)OCCO2)c1nc2c(s1)CCCC2. The Labute approximate surface area is 157 Å². The van der Waals surface area contributed by atoms with Gasteiger partial charge in [-0.15, -0.1) is 17.9 Å². The molecule has 0 spiro atoms. The first-order valence-corrected chi connectivity index (χ1v) is 9.84. The highest BCUT2D eigenvalue weighted by molar-refractivity contribution is 7.16. The van der Waals surface area contributed by atoms with Gasteiger partial charge in [0.2, 0.25) is 5.91 Å². The molecule has 2 aromatic rings. The van der Waals surface area contributed by atoms with Crippen molar-refractivity contribution in [1.82, 2.24) is 4.98 Å². The van der Waals surface area contributed by atoms with E-state index in [-0.39, 0.29) is 5.91 Å². The summed E-state index contributed by atoms with van der Waals surface area (Å²) in [5.41, 5.74) is 2.08. The zero-order valence-corrected chi connectivity index (χ0v) is 15.5. The Morgan fingerprint density at radius 1 is 1.23 bits per heavy atom. The number of hydrogen-bond acceptors (Lipinski definition) is 5. The maximum absolute atomic E-state index is 13.0. The molecule has 4 rings (SSSR count). The van der Waals surface area contributed by atoms with Crippen LogP contribution < -0.4 is 14.4 Å². The molecule has 1 aromatic heterocycles. The Kier molecular flexibility index (Phi) is 4.93. The molecule has 0 atom stereocenters. The van der Waals surface area contributed by atoms with Gasteiger partial charge in [0, 0.05) is 11.4 Å². The number of fused-ring (bicyclic) bond motifs is 2. The van der Waals surface area contributed by atoms with Crippen LogP contribution in [-0.4, -0.2) is 30.6 Å². The molecular formula is C20H22N2O3S. The van der Waals surface area contributed by atoms with E-state index < -0.39 is 0 Å². The monoisotopic (exact) mass is 370 g/mol. The van der Waals surface area contributed by atoms with E-state index >= 15 is 0 Å². The first kappa shape index (κ1) is 17.1. The first-order valence-electron chi connectivity index (χ1n) is 9.03. The first-order chi connectivity index (χ1) is 12.7. The molecule has 2 aliphatic rings. The Balaban J connectivity index is 1.54. The molecule has 1 amide bonds. The Bertz CT molecular complexity index is 807. The fraction of sp³-hybridized carbons (Fsp3) is 0.400. The van der Waals surface area contributed by atoms with Crippen LogP contribution in [-0.2, 0) is 24.1 Å². The van der Waals surface area contributed by atoms with Crippen LogP contribution in [0.15, 0.2) is 30.9 Å². The maximum atomic E-state index is 13.0. The molecule has 0 bridgehead atoms.